The Morgan fingerprint density at radius 3 is 2.22 bits per heavy atom. The lowest BCUT2D eigenvalue weighted by molar-refractivity contribution is 0.0698. The van der Waals surface area contributed by atoms with E-state index < -0.39 is 22.7 Å². The van der Waals surface area contributed by atoms with E-state index in [2.05, 4.69) is 4.72 Å². The average molecular weight is 475 g/mol. The van der Waals surface area contributed by atoms with Crippen molar-refractivity contribution in [1.29, 1.82) is 0 Å². The number of benzene rings is 3. The third kappa shape index (κ3) is 6.65. The van der Waals surface area contributed by atoms with Crippen molar-refractivity contribution in [2.24, 2.45) is 0 Å². The number of halogens is 1. The number of aldehydes is 1. The first kappa shape index (κ1) is 25.1. The Labute approximate surface area is 193 Å². The van der Waals surface area contributed by atoms with Gasteiger partial charge in [0.25, 0.3) is 0 Å². The van der Waals surface area contributed by atoms with Crippen LogP contribution >= 0.6 is 11.6 Å². The smallest absolute Gasteiger partial charge is 0.337 e. The van der Waals surface area contributed by atoms with Crippen molar-refractivity contribution in [1.82, 2.24) is 4.90 Å². The predicted molar refractivity (Wildman–Crippen MR) is 127 cm³/mol. The number of aromatic carboxylic acids is 1. The SMILES string of the molecule is CN(C)C.O=Cc1cc(Cl)c(O)c(S(=O)Nc2cc(-c3ccccc3)ccc2C(=O)O)c1. The van der Waals surface area contributed by atoms with Gasteiger partial charge in [0.1, 0.15) is 11.2 Å². The quantitative estimate of drug-likeness (QED) is 0.453. The van der Waals surface area contributed by atoms with Gasteiger partial charge in [-0.25, -0.2) is 9.00 Å². The molecule has 32 heavy (non-hydrogen) atoms. The van der Waals surface area contributed by atoms with Gasteiger partial charge >= 0.3 is 5.97 Å². The number of rotatable bonds is 6. The van der Waals surface area contributed by atoms with Gasteiger partial charge in [-0.15, -0.1) is 0 Å². The van der Waals surface area contributed by atoms with E-state index in [-0.39, 0.29) is 26.7 Å². The first-order valence-corrected chi connectivity index (χ1v) is 10.9. The molecule has 1 atom stereocenters. The standard InChI is InChI=1S/C20H14ClNO5S.C3H9N/c21-16-8-12(11-23)9-18(19(16)24)28(27)22-17-10-14(6-7-15(17)20(25)26)13-4-2-1-3-5-13;1-4(2)3/h1-11,22,24H,(H,25,26);1-3H3. The van der Waals surface area contributed by atoms with Crippen LogP contribution in [0.15, 0.2) is 65.6 Å². The molecule has 3 rings (SSSR count). The van der Waals surface area contributed by atoms with Crippen molar-refractivity contribution in [3.05, 3.63) is 76.8 Å². The van der Waals surface area contributed by atoms with Gasteiger partial charge in [0.15, 0.2) is 16.7 Å². The first-order valence-electron chi connectivity index (χ1n) is 9.33. The summed E-state index contributed by atoms with van der Waals surface area (Å²) in [5, 5.41) is 19.4. The second-order valence-corrected chi connectivity index (χ2v) is 8.70. The summed E-state index contributed by atoms with van der Waals surface area (Å²) in [6.45, 7) is 0. The minimum absolute atomic E-state index is 0.0924. The maximum absolute atomic E-state index is 12.8. The van der Waals surface area contributed by atoms with Crippen LogP contribution in [0.4, 0.5) is 5.69 Å². The molecule has 1 unspecified atom stereocenters. The molecule has 0 radical (unpaired) electrons. The maximum Gasteiger partial charge on any atom is 0.337 e. The third-order valence-corrected chi connectivity index (χ3v) is 5.35. The molecule has 7 nitrogen and oxygen atoms in total. The van der Waals surface area contributed by atoms with Gasteiger partial charge < -0.3 is 19.8 Å². The zero-order chi connectivity index (χ0) is 23.8. The van der Waals surface area contributed by atoms with Crippen LogP contribution in [0.3, 0.4) is 0 Å². The van der Waals surface area contributed by atoms with Crippen LogP contribution in [-0.2, 0) is 11.0 Å². The molecule has 168 valence electrons. The van der Waals surface area contributed by atoms with E-state index in [1.54, 1.807) is 12.1 Å². The lowest BCUT2D eigenvalue weighted by Crippen LogP contribution is -2.10. The number of phenols is 1. The monoisotopic (exact) mass is 474 g/mol. The number of phenolic OH excluding ortho intramolecular Hbond substituents is 1. The van der Waals surface area contributed by atoms with Crippen molar-refractivity contribution < 1.29 is 24.0 Å². The molecule has 3 N–H and O–H groups in total. The van der Waals surface area contributed by atoms with E-state index in [1.165, 1.54) is 18.2 Å². The molecule has 0 saturated carbocycles. The average Bonchev–Trinajstić information content (AvgIpc) is 2.75. The van der Waals surface area contributed by atoms with Gasteiger partial charge in [-0.2, -0.15) is 0 Å². The summed E-state index contributed by atoms with van der Waals surface area (Å²) >= 11 is 5.87. The number of carboxylic acids is 1. The highest BCUT2D eigenvalue weighted by Gasteiger charge is 2.18. The number of hydrogen-bond acceptors (Lipinski definition) is 5. The van der Waals surface area contributed by atoms with Crippen molar-refractivity contribution in [3.63, 3.8) is 0 Å². The highest BCUT2D eigenvalue weighted by atomic mass is 35.5. The minimum Gasteiger partial charge on any atom is -0.505 e. The van der Waals surface area contributed by atoms with Crippen LogP contribution in [0.1, 0.15) is 20.7 Å². The van der Waals surface area contributed by atoms with E-state index in [4.69, 9.17) is 11.6 Å². The second-order valence-electron chi connectivity index (χ2n) is 7.11. The number of carboxylic acid groups (broad SMARTS) is 1. The van der Waals surface area contributed by atoms with Crippen LogP contribution in [0.2, 0.25) is 5.02 Å². The first-order chi connectivity index (χ1) is 15.1. The fourth-order valence-electron chi connectivity index (χ4n) is 2.58. The van der Waals surface area contributed by atoms with Gasteiger partial charge in [-0.1, -0.05) is 48.0 Å². The number of hydrogen-bond donors (Lipinski definition) is 3. The fraction of sp³-hybridized carbons (Fsp3) is 0.130. The van der Waals surface area contributed by atoms with Crippen LogP contribution in [-0.4, -0.2) is 52.7 Å². The number of carbonyl (C=O) groups is 2. The summed E-state index contributed by atoms with van der Waals surface area (Å²) in [6.07, 6.45) is 0.505. The van der Waals surface area contributed by atoms with Gasteiger partial charge in [0, 0.05) is 5.56 Å². The van der Waals surface area contributed by atoms with Crippen LogP contribution in [0.5, 0.6) is 5.75 Å². The number of nitrogens with zero attached hydrogens (tertiary/aromatic N) is 1. The van der Waals surface area contributed by atoms with Crippen LogP contribution in [0.25, 0.3) is 11.1 Å². The van der Waals surface area contributed by atoms with Crippen molar-refractivity contribution >= 4 is 40.5 Å². The molecule has 3 aromatic rings. The molecular weight excluding hydrogens is 452 g/mol. The third-order valence-electron chi connectivity index (χ3n) is 3.95. The number of carbonyl (C=O) groups excluding carboxylic acids is 1. The summed E-state index contributed by atoms with van der Waals surface area (Å²) in [4.78, 5) is 24.4. The Morgan fingerprint density at radius 1 is 1.03 bits per heavy atom. The highest BCUT2D eigenvalue weighted by molar-refractivity contribution is 7.86. The lowest BCUT2D eigenvalue weighted by atomic mass is 10.0. The summed E-state index contributed by atoms with van der Waals surface area (Å²) in [6, 6.07) is 16.3. The molecule has 0 saturated heterocycles. The molecule has 0 spiro atoms. The molecule has 3 aromatic carbocycles. The van der Waals surface area contributed by atoms with E-state index in [0.29, 0.717) is 11.8 Å². The van der Waals surface area contributed by atoms with Gasteiger partial charge in [-0.05, 0) is 56.5 Å². The molecule has 0 aliphatic rings. The van der Waals surface area contributed by atoms with Crippen molar-refractivity contribution in [3.8, 4) is 16.9 Å². The van der Waals surface area contributed by atoms with E-state index in [9.17, 15) is 24.0 Å². The molecule has 0 amide bonds. The Balaban J connectivity index is 0.000000837. The van der Waals surface area contributed by atoms with Crippen molar-refractivity contribution in [2.75, 3.05) is 25.9 Å². The summed E-state index contributed by atoms with van der Waals surface area (Å²) in [5.74, 6) is -1.66. The highest BCUT2D eigenvalue weighted by Crippen LogP contribution is 2.33. The summed E-state index contributed by atoms with van der Waals surface area (Å²) in [5.41, 5.74) is 1.70. The topological polar surface area (TPSA) is 107 Å². The van der Waals surface area contributed by atoms with Gasteiger partial charge in [0.05, 0.1) is 16.3 Å². The molecular formula is C23H23ClN2O5S. The molecule has 0 heterocycles. The molecule has 0 fully saturated rings. The minimum atomic E-state index is -2.07. The molecule has 9 heteroatoms. The predicted octanol–water partition coefficient (Wildman–Crippen LogP) is 4.54. The Hall–Kier alpha value is -3.20. The number of anilines is 1. The van der Waals surface area contributed by atoms with E-state index in [0.717, 1.165) is 5.56 Å². The van der Waals surface area contributed by atoms with Crippen molar-refractivity contribution in [2.45, 2.75) is 4.90 Å². The normalized spacial score (nSPS) is 11.3. The molecule has 0 aromatic heterocycles. The van der Waals surface area contributed by atoms with E-state index >= 15 is 0 Å². The van der Waals surface area contributed by atoms with Crippen LogP contribution < -0.4 is 4.72 Å². The Kier molecular flexibility index (Phi) is 8.95. The van der Waals surface area contributed by atoms with Gasteiger partial charge in [0.2, 0.25) is 0 Å². The maximum atomic E-state index is 12.8. The molecule has 0 bridgehead atoms. The van der Waals surface area contributed by atoms with Gasteiger partial charge in [-0.3, -0.25) is 4.79 Å². The number of nitrogens with one attached hydrogen (secondary N) is 1. The molecule has 0 aliphatic carbocycles. The Morgan fingerprint density at radius 2 is 1.66 bits per heavy atom. The lowest BCUT2D eigenvalue weighted by Gasteiger charge is -2.13. The Bertz CT molecular complexity index is 1130. The zero-order valence-corrected chi connectivity index (χ0v) is 19.3. The largest absolute Gasteiger partial charge is 0.505 e. The summed E-state index contributed by atoms with van der Waals surface area (Å²) < 4.78 is 15.3. The summed E-state index contributed by atoms with van der Waals surface area (Å²) in [7, 11) is 3.93. The zero-order valence-electron chi connectivity index (χ0n) is 17.7. The van der Waals surface area contributed by atoms with Crippen LogP contribution in [0, 0.1) is 0 Å². The fourth-order valence-corrected chi connectivity index (χ4v) is 3.87. The molecule has 0 aliphatic heterocycles. The second kappa shape index (κ2) is 11.4. The number of aromatic hydroxyl groups is 1. The van der Waals surface area contributed by atoms with E-state index in [1.807, 2.05) is 56.4 Å².